The molecule has 0 amide bonds. The normalized spacial score (nSPS) is 17.2. The van der Waals surface area contributed by atoms with Gasteiger partial charge in [0.05, 0.1) is 21.9 Å². The van der Waals surface area contributed by atoms with Crippen LogP contribution in [0.4, 0.5) is 5.82 Å². The van der Waals surface area contributed by atoms with Crippen LogP contribution < -0.4 is 11.4 Å². The minimum atomic E-state index is -1.23. The van der Waals surface area contributed by atoms with Crippen LogP contribution in [0.2, 0.25) is 0 Å². The molecule has 59 heavy (non-hydrogen) atoms. The van der Waals surface area contributed by atoms with E-state index in [1.165, 1.54) is 16.8 Å². The first kappa shape index (κ1) is 38.6. The molecule has 4 atom stereocenters. The molecule has 7 aromatic rings. The number of anilines is 1. The van der Waals surface area contributed by atoms with Crippen molar-refractivity contribution in [1.29, 1.82) is 0 Å². The van der Waals surface area contributed by atoms with E-state index in [2.05, 4.69) is 4.98 Å². The fourth-order valence-electron chi connectivity index (χ4n) is 6.87. The van der Waals surface area contributed by atoms with Crippen molar-refractivity contribution in [3.8, 4) is 33.4 Å². The number of benzene rings is 6. The molecule has 1 aliphatic rings. The maximum atomic E-state index is 14.0. The van der Waals surface area contributed by atoms with Gasteiger partial charge in [-0.15, -0.1) is 11.8 Å². The molecule has 1 saturated heterocycles. The Kier molecular flexibility index (Phi) is 11.5. The molecule has 8 rings (SSSR count). The SMILES string of the molecule is Nc1ccn([C@@H]2S[C@@H](COC(=O)c3ccc(-c4ccccc4)cc3)[C@H](OC(=O)c3ccc(-c4ccccc4)cc3)[C@H]2OC(=O)c2ccc(-c3ccccc3)cc2)c(=O)n1. The third-order valence-electron chi connectivity index (χ3n) is 9.96. The van der Waals surface area contributed by atoms with Gasteiger partial charge in [0.1, 0.15) is 17.8 Å². The average molecular weight is 800 g/mol. The molecule has 2 heterocycles. The topological polar surface area (TPSA) is 140 Å². The van der Waals surface area contributed by atoms with E-state index in [0.29, 0.717) is 5.56 Å². The summed E-state index contributed by atoms with van der Waals surface area (Å²) in [7, 11) is 0. The van der Waals surface area contributed by atoms with Gasteiger partial charge in [0.15, 0.2) is 12.2 Å². The molecular formula is C48H37N3O7S. The maximum Gasteiger partial charge on any atom is 0.350 e. The monoisotopic (exact) mass is 799 g/mol. The van der Waals surface area contributed by atoms with E-state index in [-0.39, 0.29) is 23.6 Å². The zero-order valence-corrected chi connectivity index (χ0v) is 32.3. The van der Waals surface area contributed by atoms with Crippen molar-refractivity contribution < 1.29 is 28.6 Å². The number of rotatable bonds is 11. The highest BCUT2D eigenvalue weighted by atomic mass is 32.2. The van der Waals surface area contributed by atoms with Crippen LogP contribution in [0.25, 0.3) is 33.4 Å². The Hall–Kier alpha value is -7.24. The van der Waals surface area contributed by atoms with E-state index in [4.69, 9.17) is 19.9 Å². The molecule has 1 fully saturated rings. The van der Waals surface area contributed by atoms with Gasteiger partial charge in [0.2, 0.25) is 0 Å². The number of carbonyl (C=O) groups excluding carboxylic acids is 3. The van der Waals surface area contributed by atoms with E-state index in [0.717, 1.165) is 45.1 Å². The number of ether oxygens (including phenoxy) is 3. The summed E-state index contributed by atoms with van der Waals surface area (Å²) in [6, 6.07) is 51.5. The summed E-state index contributed by atoms with van der Waals surface area (Å²) < 4.78 is 19.5. The molecule has 0 unspecified atom stereocenters. The number of nitrogens with two attached hydrogens (primary N) is 1. The fraction of sp³-hybridized carbons (Fsp3) is 0.104. The lowest BCUT2D eigenvalue weighted by Gasteiger charge is -2.26. The molecule has 0 bridgehead atoms. The average Bonchev–Trinajstić information content (AvgIpc) is 3.61. The highest BCUT2D eigenvalue weighted by Gasteiger charge is 2.51. The minimum absolute atomic E-state index is 0.00647. The number of thioether (sulfide) groups is 1. The molecular weight excluding hydrogens is 763 g/mol. The number of hydrogen-bond donors (Lipinski definition) is 1. The molecule has 1 aliphatic heterocycles. The van der Waals surface area contributed by atoms with Crippen molar-refractivity contribution in [2.24, 2.45) is 0 Å². The summed E-state index contributed by atoms with van der Waals surface area (Å²) in [4.78, 5) is 58.6. The van der Waals surface area contributed by atoms with Gasteiger partial charge in [0, 0.05) is 6.20 Å². The standard InChI is InChI=1S/C48H37N3O7S/c49-41-28-29-51(48(55)50-41)44-43(58-47(54)39-26-20-36(21-27-39)33-14-8-3-9-15-33)42(57-46(53)38-24-18-35(19-25-38)32-12-6-2-7-13-32)40(59-44)30-56-45(52)37-22-16-34(17-23-37)31-10-4-1-5-11-31/h1-29,40,42-44H,30H2,(H2,49,50,55)/t40-,42-,43+,44+/m0/s1. The quantitative estimate of drug-likeness (QED) is 0.0998. The summed E-state index contributed by atoms with van der Waals surface area (Å²) >= 11 is 1.16. The van der Waals surface area contributed by atoms with E-state index in [1.807, 2.05) is 127 Å². The van der Waals surface area contributed by atoms with Crippen LogP contribution in [0.15, 0.2) is 181 Å². The van der Waals surface area contributed by atoms with Crippen LogP contribution in [0, 0.1) is 0 Å². The van der Waals surface area contributed by atoms with Crippen molar-refractivity contribution in [3.63, 3.8) is 0 Å². The summed E-state index contributed by atoms with van der Waals surface area (Å²) in [5.74, 6) is -2.00. The number of aromatic nitrogens is 2. The predicted octanol–water partition coefficient (Wildman–Crippen LogP) is 8.75. The van der Waals surface area contributed by atoms with Crippen LogP contribution in [0.1, 0.15) is 36.4 Å². The van der Waals surface area contributed by atoms with Crippen molar-refractivity contribution in [1.82, 2.24) is 9.55 Å². The molecule has 292 valence electrons. The second-order valence-electron chi connectivity index (χ2n) is 13.8. The molecule has 0 radical (unpaired) electrons. The van der Waals surface area contributed by atoms with Crippen molar-refractivity contribution in [3.05, 3.63) is 203 Å². The first-order valence-electron chi connectivity index (χ1n) is 18.9. The van der Waals surface area contributed by atoms with Crippen LogP contribution in [-0.2, 0) is 14.2 Å². The van der Waals surface area contributed by atoms with Crippen LogP contribution in [-0.4, -0.2) is 51.5 Å². The second kappa shape index (κ2) is 17.5. The Morgan fingerprint density at radius 2 is 0.915 bits per heavy atom. The highest BCUT2D eigenvalue weighted by molar-refractivity contribution is 8.00. The Bertz CT molecular complexity index is 2620. The number of carbonyl (C=O) groups is 3. The van der Waals surface area contributed by atoms with Gasteiger partial charge in [-0.1, -0.05) is 127 Å². The smallest absolute Gasteiger partial charge is 0.350 e. The molecule has 0 spiro atoms. The Balaban J connectivity index is 1.09. The van der Waals surface area contributed by atoms with Gasteiger partial charge < -0.3 is 19.9 Å². The van der Waals surface area contributed by atoms with Gasteiger partial charge in [0.25, 0.3) is 0 Å². The first-order valence-corrected chi connectivity index (χ1v) is 19.8. The molecule has 11 heteroatoms. The summed E-state index contributed by atoms with van der Waals surface area (Å²) in [6.07, 6.45) is -0.968. The molecule has 6 aromatic carbocycles. The zero-order valence-electron chi connectivity index (χ0n) is 31.5. The molecule has 1 aromatic heterocycles. The Morgan fingerprint density at radius 3 is 1.34 bits per heavy atom. The largest absolute Gasteiger partial charge is 0.461 e. The van der Waals surface area contributed by atoms with E-state index >= 15 is 0 Å². The van der Waals surface area contributed by atoms with E-state index < -0.39 is 46.4 Å². The van der Waals surface area contributed by atoms with Crippen molar-refractivity contribution in [2.45, 2.75) is 22.8 Å². The molecule has 2 N–H and O–H groups in total. The summed E-state index contributed by atoms with van der Waals surface area (Å²) in [5, 5.41) is -1.74. The lowest BCUT2D eigenvalue weighted by molar-refractivity contribution is -0.0412. The van der Waals surface area contributed by atoms with Crippen molar-refractivity contribution in [2.75, 3.05) is 12.3 Å². The third-order valence-corrected chi connectivity index (χ3v) is 11.5. The van der Waals surface area contributed by atoms with E-state index in [9.17, 15) is 19.2 Å². The fourth-order valence-corrected chi connectivity index (χ4v) is 8.39. The molecule has 10 nitrogen and oxygen atoms in total. The van der Waals surface area contributed by atoms with Crippen molar-refractivity contribution >= 4 is 35.5 Å². The number of hydrogen-bond acceptors (Lipinski definition) is 10. The van der Waals surface area contributed by atoms with Crippen LogP contribution in [0.5, 0.6) is 0 Å². The van der Waals surface area contributed by atoms with Crippen LogP contribution >= 0.6 is 11.8 Å². The number of nitrogens with zero attached hydrogens (tertiary/aromatic N) is 2. The van der Waals surface area contributed by atoms with Gasteiger partial charge >= 0.3 is 23.6 Å². The Labute approximate surface area is 344 Å². The zero-order chi connectivity index (χ0) is 40.7. The first-order chi connectivity index (χ1) is 28.8. The lowest BCUT2D eigenvalue weighted by atomic mass is 10.0. The highest BCUT2D eigenvalue weighted by Crippen LogP contribution is 2.45. The van der Waals surface area contributed by atoms with Gasteiger partial charge in [-0.05, 0) is 75.8 Å². The minimum Gasteiger partial charge on any atom is -0.461 e. The van der Waals surface area contributed by atoms with E-state index in [1.54, 1.807) is 36.4 Å². The predicted molar refractivity (Wildman–Crippen MR) is 228 cm³/mol. The summed E-state index contributed by atoms with van der Waals surface area (Å²) in [6.45, 7) is -0.248. The number of nitrogen functional groups attached to an aromatic ring is 1. The molecule has 0 saturated carbocycles. The van der Waals surface area contributed by atoms with Gasteiger partial charge in [-0.3, -0.25) is 4.57 Å². The third kappa shape index (κ3) is 8.85. The van der Waals surface area contributed by atoms with Crippen LogP contribution in [0.3, 0.4) is 0 Å². The summed E-state index contributed by atoms with van der Waals surface area (Å²) in [5.41, 5.74) is 11.6. The van der Waals surface area contributed by atoms with Gasteiger partial charge in [-0.25, -0.2) is 19.2 Å². The second-order valence-corrected chi connectivity index (χ2v) is 15.1. The lowest BCUT2D eigenvalue weighted by Crippen LogP contribution is -2.42. The molecule has 0 aliphatic carbocycles. The van der Waals surface area contributed by atoms with Gasteiger partial charge in [-0.2, -0.15) is 4.98 Å². The number of esters is 3. The maximum absolute atomic E-state index is 14.0. The Morgan fingerprint density at radius 1 is 0.525 bits per heavy atom.